The van der Waals surface area contributed by atoms with Crippen LogP contribution in [0.3, 0.4) is 0 Å². The van der Waals surface area contributed by atoms with Gasteiger partial charge in [0.05, 0.1) is 6.21 Å². The minimum absolute atomic E-state index is 0.338. The zero-order valence-electron chi connectivity index (χ0n) is 12.6. The predicted octanol–water partition coefficient (Wildman–Crippen LogP) is 3.08. The van der Waals surface area contributed by atoms with Crippen molar-refractivity contribution < 1.29 is 4.42 Å². The van der Waals surface area contributed by atoms with E-state index < -0.39 is 0 Å². The summed E-state index contributed by atoms with van der Waals surface area (Å²) in [5, 5.41) is 11.4. The number of rotatable bonds is 4. The molecule has 1 aromatic carbocycles. The van der Waals surface area contributed by atoms with Gasteiger partial charge < -0.3 is 10.3 Å². The molecule has 0 fully saturated rings. The van der Waals surface area contributed by atoms with Crippen LogP contribution in [0.5, 0.6) is 0 Å². The van der Waals surface area contributed by atoms with Crippen LogP contribution in [0, 0.1) is 13.8 Å². The minimum Gasteiger partial charge on any atom is -0.455 e. The molecular weight excluding hydrogens is 360 g/mol. The van der Waals surface area contributed by atoms with Crippen LogP contribution in [-0.4, -0.2) is 21.1 Å². The SMILES string of the molecule is Cc1cc(Br)c(-c2ccc(C=NNc3nncn3N)o2)cc1C. The molecule has 0 bridgehead atoms. The number of nitrogens with zero attached hydrogens (tertiary/aromatic N) is 4. The van der Waals surface area contributed by atoms with Gasteiger partial charge in [-0.2, -0.15) is 5.10 Å². The second-order valence-corrected chi connectivity index (χ2v) is 5.90. The van der Waals surface area contributed by atoms with Gasteiger partial charge in [0, 0.05) is 10.0 Å². The van der Waals surface area contributed by atoms with Gasteiger partial charge in [0.25, 0.3) is 5.95 Å². The molecule has 0 radical (unpaired) electrons. The van der Waals surface area contributed by atoms with Crippen LogP contribution in [0.4, 0.5) is 5.95 Å². The summed E-state index contributed by atoms with van der Waals surface area (Å²) in [5.41, 5.74) is 6.12. The Labute approximate surface area is 141 Å². The molecule has 0 aliphatic carbocycles. The van der Waals surface area contributed by atoms with E-state index in [1.807, 2.05) is 12.1 Å². The van der Waals surface area contributed by atoms with E-state index in [0.29, 0.717) is 11.7 Å². The quantitative estimate of drug-likeness (QED) is 0.415. The van der Waals surface area contributed by atoms with Crippen LogP contribution in [0.15, 0.2) is 44.6 Å². The number of nitrogen functional groups attached to an aromatic ring is 1. The Morgan fingerprint density at radius 3 is 2.83 bits per heavy atom. The average molecular weight is 375 g/mol. The number of hydrogen-bond donors (Lipinski definition) is 2. The number of nitrogens with one attached hydrogen (secondary N) is 1. The van der Waals surface area contributed by atoms with Crippen molar-refractivity contribution in [1.82, 2.24) is 14.9 Å². The van der Waals surface area contributed by atoms with Gasteiger partial charge >= 0.3 is 0 Å². The van der Waals surface area contributed by atoms with Gasteiger partial charge in [0.2, 0.25) is 0 Å². The maximum absolute atomic E-state index is 5.80. The van der Waals surface area contributed by atoms with E-state index in [1.165, 1.54) is 22.1 Å². The highest BCUT2D eigenvalue weighted by molar-refractivity contribution is 9.10. The van der Waals surface area contributed by atoms with Crippen LogP contribution in [0.25, 0.3) is 11.3 Å². The number of aryl methyl sites for hydroxylation is 2. The summed E-state index contributed by atoms with van der Waals surface area (Å²) in [7, 11) is 0. The predicted molar refractivity (Wildman–Crippen MR) is 92.7 cm³/mol. The van der Waals surface area contributed by atoms with Crippen LogP contribution < -0.4 is 11.3 Å². The molecule has 0 spiro atoms. The minimum atomic E-state index is 0.338. The number of halogens is 1. The van der Waals surface area contributed by atoms with Crippen molar-refractivity contribution in [2.45, 2.75) is 13.8 Å². The van der Waals surface area contributed by atoms with Gasteiger partial charge in [-0.15, -0.1) is 10.2 Å². The molecule has 0 atom stereocenters. The van der Waals surface area contributed by atoms with Gasteiger partial charge in [-0.3, -0.25) is 0 Å². The van der Waals surface area contributed by atoms with Crippen LogP contribution in [-0.2, 0) is 0 Å². The summed E-state index contributed by atoms with van der Waals surface area (Å²) in [6, 6.07) is 7.92. The first kappa shape index (κ1) is 15.3. The fourth-order valence-corrected chi connectivity index (χ4v) is 2.67. The number of hydrogen-bond acceptors (Lipinski definition) is 6. The highest BCUT2D eigenvalue weighted by atomic mass is 79.9. The Morgan fingerprint density at radius 1 is 1.30 bits per heavy atom. The molecule has 0 saturated heterocycles. The normalized spacial score (nSPS) is 11.3. The van der Waals surface area contributed by atoms with Gasteiger partial charge in [-0.1, -0.05) is 15.9 Å². The zero-order valence-corrected chi connectivity index (χ0v) is 14.2. The molecule has 3 rings (SSSR count). The maximum atomic E-state index is 5.80. The number of benzene rings is 1. The van der Waals surface area contributed by atoms with E-state index in [-0.39, 0.29) is 0 Å². The fourth-order valence-electron chi connectivity index (χ4n) is 2.01. The first-order valence-corrected chi connectivity index (χ1v) is 7.65. The molecule has 0 saturated carbocycles. The molecule has 2 aromatic heterocycles. The Bertz CT molecular complexity index is 867. The maximum Gasteiger partial charge on any atom is 0.263 e. The molecule has 3 N–H and O–H groups in total. The van der Waals surface area contributed by atoms with E-state index in [0.717, 1.165) is 15.8 Å². The molecule has 8 heteroatoms. The third-order valence-corrected chi connectivity index (χ3v) is 4.06. The second kappa shape index (κ2) is 6.25. The molecule has 118 valence electrons. The number of nitrogens with two attached hydrogens (primary N) is 1. The Morgan fingerprint density at radius 2 is 2.09 bits per heavy atom. The lowest BCUT2D eigenvalue weighted by Gasteiger charge is -2.06. The van der Waals surface area contributed by atoms with Gasteiger partial charge in [-0.05, 0) is 49.2 Å². The summed E-state index contributed by atoms with van der Waals surface area (Å²) >= 11 is 3.58. The lowest BCUT2D eigenvalue weighted by molar-refractivity contribution is 0.574. The molecule has 0 amide bonds. The third-order valence-electron chi connectivity index (χ3n) is 3.41. The van der Waals surface area contributed by atoms with E-state index in [4.69, 9.17) is 10.3 Å². The van der Waals surface area contributed by atoms with Gasteiger partial charge in [-0.25, -0.2) is 10.1 Å². The molecule has 7 nitrogen and oxygen atoms in total. The Kier molecular flexibility index (Phi) is 4.16. The highest BCUT2D eigenvalue weighted by Gasteiger charge is 2.09. The molecule has 2 heterocycles. The smallest absolute Gasteiger partial charge is 0.263 e. The van der Waals surface area contributed by atoms with E-state index in [9.17, 15) is 0 Å². The summed E-state index contributed by atoms with van der Waals surface area (Å²) in [6.45, 7) is 4.15. The van der Waals surface area contributed by atoms with Crippen LogP contribution >= 0.6 is 15.9 Å². The monoisotopic (exact) mass is 374 g/mol. The number of anilines is 1. The van der Waals surface area contributed by atoms with Crippen molar-refractivity contribution in [3.05, 3.63) is 52.0 Å². The summed E-state index contributed by atoms with van der Waals surface area (Å²) in [4.78, 5) is 0. The van der Waals surface area contributed by atoms with E-state index >= 15 is 0 Å². The van der Waals surface area contributed by atoms with Gasteiger partial charge in [0.1, 0.15) is 17.8 Å². The summed E-state index contributed by atoms with van der Waals surface area (Å²) in [5.74, 6) is 7.29. The fraction of sp³-hybridized carbons (Fsp3) is 0.133. The average Bonchev–Trinajstić information content (AvgIpc) is 3.13. The topological polar surface area (TPSA) is 94.3 Å². The molecule has 3 aromatic rings. The largest absolute Gasteiger partial charge is 0.455 e. The Hall–Kier alpha value is -2.61. The van der Waals surface area contributed by atoms with E-state index in [1.54, 1.807) is 6.21 Å². The lowest BCUT2D eigenvalue weighted by atomic mass is 10.1. The molecule has 0 unspecified atom stereocenters. The molecule has 0 aliphatic heterocycles. The number of furan rings is 1. The van der Waals surface area contributed by atoms with Crippen molar-refractivity contribution in [2.75, 3.05) is 11.3 Å². The highest BCUT2D eigenvalue weighted by Crippen LogP contribution is 2.31. The molecular formula is C15H15BrN6O. The first-order chi connectivity index (χ1) is 11.0. The number of aromatic nitrogens is 3. The second-order valence-electron chi connectivity index (χ2n) is 5.05. The van der Waals surface area contributed by atoms with Crippen molar-refractivity contribution in [3.8, 4) is 11.3 Å². The van der Waals surface area contributed by atoms with Crippen molar-refractivity contribution in [2.24, 2.45) is 5.10 Å². The van der Waals surface area contributed by atoms with Crippen LogP contribution in [0.1, 0.15) is 16.9 Å². The Balaban J connectivity index is 1.78. The zero-order chi connectivity index (χ0) is 16.4. The van der Waals surface area contributed by atoms with Crippen molar-refractivity contribution in [1.29, 1.82) is 0 Å². The first-order valence-electron chi connectivity index (χ1n) is 6.85. The summed E-state index contributed by atoms with van der Waals surface area (Å²) in [6.07, 6.45) is 2.92. The lowest BCUT2D eigenvalue weighted by Crippen LogP contribution is -2.10. The van der Waals surface area contributed by atoms with E-state index in [2.05, 4.69) is 62.6 Å². The standard InChI is InChI=1S/C15H15BrN6O/c1-9-5-12(13(16)6-10(9)2)14-4-3-11(23-14)7-18-20-15-21-19-8-22(15)17/h3-8H,17H2,1-2H3,(H,20,21). The van der Waals surface area contributed by atoms with Crippen molar-refractivity contribution >= 4 is 28.1 Å². The van der Waals surface area contributed by atoms with Gasteiger partial charge in [0.15, 0.2) is 0 Å². The third kappa shape index (κ3) is 3.26. The van der Waals surface area contributed by atoms with Crippen LogP contribution in [0.2, 0.25) is 0 Å². The molecule has 0 aliphatic rings. The molecule has 23 heavy (non-hydrogen) atoms. The summed E-state index contributed by atoms with van der Waals surface area (Å²) < 4.78 is 8.03. The van der Waals surface area contributed by atoms with Crippen molar-refractivity contribution in [3.63, 3.8) is 0 Å². The number of hydrazone groups is 1.